The van der Waals surface area contributed by atoms with Crippen molar-refractivity contribution in [3.8, 4) is 0 Å². The first-order valence-corrected chi connectivity index (χ1v) is 7.06. The van der Waals surface area contributed by atoms with Crippen LogP contribution >= 0.6 is 27.5 Å². The summed E-state index contributed by atoms with van der Waals surface area (Å²) in [6.45, 7) is 0. The van der Waals surface area contributed by atoms with Crippen LogP contribution in [0.2, 0.25) is 5.02 Å². The molecule has 0 aliphatic rings. The fourth-order valence-electron chi connectivity index (χ4n) is 2.04. The Balaban J connectivity index is 2.33. The van der Waals surface area contributed by atoms with Crippen LogP contribution in [-0.4, -0.2) is 11.1 Å². The third kappa shape index (κ3) is 3.81. The maximum absolute atomic E-state index is 13.3. The zero-order chi connectivity index (χ0) is 14.7. The van der Waals surface area contributed by atoms with E-state index in [4.69, 9.17) is 11.6 Å². The molecule has 1 atom stereocenters. The van der Waals surface area contributed by atoms with E-state index < -0.39 is 17.7 Å². The molecule has 5 heteroatoms. The Morgan fingerprint density at radius 3 is 2.65 bits per heavy atom. The molecule has 20 heavy (non-hydrogen) atoms. The Labute approximate surface area is 129 Å². The van der Waals surface area contributed by atoms with Crippen molar-refractivity contribution < 1.29 is 14.3 Å². The van der Waals surface area contributed by atoms with Gasteiger partial charge in [-0.2, -0.15) is 0 Å². The maximum atomic E-state index is 13.3. The average Bonchev–Trinajstić information content (AvgIpc) is 2.34. The molecule has 2 aromatic carbocycles. The van der Waals surface area contributed by atoms with Crippen molar-refractivity contribution in [2.45, 2.75) is 12.3 Å². The smallest absolute Gasteiger partial charge is 0.311 e. The van der Waals surface area contributed by atoms with Gasteiger partial charge in [-0.05, 0) is 47.9 Å². The summed E-state index contributed by atoms with van der Waals surface area (Å²) in [5.74, 6) is -2.13. The molecule has 0 aliphatic carbocycles. The summed E-state index contributed by atoms with van der Waals surface area (Å²) in [4.78, 5) is 11.4. The van der Waals surface area contributed by atoms with Crippen LogP contribution in [-0.2, 0) is 11.2 Å². The van der Waals surface area contributed by atoms with Gasteiger partial charge in [0.1, 0.15) is 5.82 Å². The fraction of sp³-hybridized carbons (Fsp3) is 0.133. The number of benzene rings is 2. The van der Waals surface area contributed by atoms with Gasteiger partial charge in [0.2, 0.25) is 0 Å². The summed E-state index contributed by atoms with van der Waals surface area (Å²) >= 11 is 9.09. The number of carboxylic acids is 1. The van der Waals surface area contributed by atoms with Crippen LogP contribution in [0.5, 0.6) is 0 Å². The lowest BCUT2D eigenvalue weighted by Gasteiger charge is -2.13. The van der Waals surface area contributed by atoms with Crippen LogP contribution in [0.4, 0.5) is 4.39 Å². The van der Waals surface area contributed by atoms with Crippen molar-refractivity contribution in [1.82, 2.24) is 0 Å². The van der Waals surface area contributed by atoms with Crippen LogP contribution in [0.1, 0.15) is 17.0 Å². The zero-order valence-electron chi connectivity index (χ0n) is 10.3. The molecule has 0 saturated carbocycles. The van der Waals surface area contributed by atoms with E-state index in [0.29, 0.717) is 20.6 Å². The van der Waals surface area contributed by atoms with Gasteiger partial charge in [-0.3, -0.25) is 4.79 Å². The van der Waals surface area contributed by atoms with E-state index in [2.05, 4.69) is 15.9 Å². The van der Waals surface area contributed by atoms with Gasteiger partial charge in [0.15, 0.2) is 0 Å². The van der Waals surface area contributed by atoms with Crippen molar-refractivity contribution in [2.24, 2.45) is 0 Å². The van der Waals surface area contributed by atoms with Crippen molar-refractivity contribution in [1.29, 1.82) is 0 Å². The second-order valence-electron chi connectivity index (χ2n) is 4.43. The Morgan fingerprint density at radius 2 is 2.05 bits per heavy atom. The zero-order valence-corrected chi connectivity index (χ0v) is 12.7. The maximum Gasteiger partial charge on any atom is 0.311 e. The molecule has 0 aliphatic heterocycles. The molecule has 0 fully saturated rings. The first-order valence-electron chi connectivity index (χ1n) is 5.89. The summed E-state index contributed by atoms with van der Waals surface area (Å²) in [7, 11) is 0. The minimum absolute atomic E-state index is 0.200. The van der Waals surface area contributed by atoms with Crippen LogP contribution in [0, 0.1) is 5.82 Å². The highest BCUT2D eigenvalue weighted by molar-refractivity contribution is 9.10. The van der Waals surface area contributed by atoms with Gasteiger partial charge < -0.3 is 5.11 Å². The average molecular weight is 358 g/mol. The van der Waals surface area contributed by atoms with Crippen molar-refractivity contribution in [3.05, 3.63) is 68.9 Å². The molecule has 0 heterocycles. The highest BCUT2D eigenvalue weighted by atomic mass is 79.9. The number of carbonyl (C=O) groups is 1. The van der Waals surface area contributed by atoms with Gasteiger partial charge in [-0.15, -0.1) is 0 Å². The number of aliphatic carboxylic acids is 1. The molecule has 0 amide bonds. The van der Waals surface area contributed by atoms with Gasteiger partial charge in [0.25, 0.3) is 0 Å². The Bertz CT molecular complexity index is 625. The normalized spacial score (nSPS) is 12.2. The van der Waals surface area contributed by atoms with E-state index in [0.717, 1.165) is 0 Å². The SMILES string of the molecule is O=C(O)C(Cc1cc(F)cc(Br)c1)c1cccc(Cl)c1. The molecule has 104 valence electrons. The lowest BCUT2D eigenvalue weighted by Crippen LogP contribution is -2.14. The second-order valence-corrected chi connectivity index (χ2v) is 5.78. The van der Waals surface area contributed by atoms with Gasteiger partial charge in [0.05, 0.1) is 5.92 Å². The summed E-state index contributed by atoms with van der Waals surface area (Å²) in [5.41, 5.74) is 1.22. The molecule has 2 nitrogen and oxygen atoms in total. The minimum atomic E-state index is -0.965. The van der Waals surface area contributed by atoms with Gasteiger partial charge in [-0.25, -0.2) is 4.39 Å². The second kappa shape index (κ2) is 6.37. The van der Waals surface area contributed by atoms with Crippen LogP contribution in [0.15, 0.2) is 46.9 Å². The minimum Gasteiger partial charge on any atom is -0.481 e. The van der Waals surface area contributed by atoms with E-state index in [1.54, 1.807) is 30.3 Å². The predicted octanol–water partition coefficient (Wildman–Crippen LogP) is 4.65. The van der Waals surface area contributed by atoms with Crippen molar-refractivity contribution >= 4 is 33.5 Å². The quantitative estimate of drug-likeness (QED) is 0.864. The Hall–Kier alpha value is -1.39. The molecule has 2 rings (SSSR count). The number of halogens is 3. The van der Waals surface area contributed by atoms with E-state index in [1.165, 1.54) is 12.1 Å². The van der Waals surface area contributed by atoms with Gasteiger partial charge in [0, 0.05) is 9.50 Å². The predicted molar refractivity (Wildman–Crippen MR) is 79.6 cm³/mol. The summed E-state index contributed by atoms with van der Waals surface area (Å²) in [5, 5.41) is 9.85. The number of carboxylic acid groups (broad SMARTS) is 1. The van der Waals surface area contributed by atoms with Gasteiger partial charge in [-0.1, -0.05) is 39.7 Å². The van der Waals surface area contributed by atoms with Crippen molar-refractivity contribution in [3.63, 3.8) is 0 Å². The largest absolute Gasteiger partial charge is 0.481 e. The summed E-state index contributed by atoms with van der Waals surface area (Å²) in [6.07, 6.45) is 0.200. The topological polar surface area (TPSA) is 37.3 Å². The number of hydrogen-bond acceptors (Lipinski definition) is 1. The number of hydrogen-bond donors (Lipinski definition) is 1. The summed E-state index contributed by atoms with van der Waals surface area (Å²) in [6, 6.07) is 11.1. The molecular weight excluding hydrogens is 347 g/mol. The standard InChI is InChI=1S/C15H11BrClFO2/c16-11-4-9(5-13(18)8-11)6-14(15(19)20)10-2-1-3-12(17)7-10/h1-5,7-8,14H,6H2,(H,19,20). The number of rotatable bonds is 4. The third-order valence-electron chi connectivity index (χ3n) is 2.91. The first kappa shape index (κ1) is 15.0. The fourth-order valence-corrected chi connectivity index (χ4v) is 2.75. The lowest BCUT2D eigenvalue weighted by molar-refractivity contribution is -0.138. The third-order valence-corrected chi connectivity index (χ3v) is 3.60. The molecule has 0 aromatic heterocycles. The molecular formula is C15H11BrClFO2. The summed E-state index contributed by atoms with van der Waals surface area (Å²) < 4.78 is 13.9. The van der Waals surface area contributed by atoms with Crippen molar-refractivity contribution in [2.75, 3.05) is 0 Å². The van der Waals surface area contributed by atoms with Gasteiger partial charge >= 0.3 is 5.97 Å². The van der Waals surface area contributed by atoms with Crippen LogP contribution < -0.4 is 0 Å². The van der Waals surface area contributed by atoms with E-state index >= 15 is 0 Å². The van der Waals surface area contributed by atoms with E-state index in [-0.39, 0.29) is 6.42 Å². The molecule has 2 aromatic rings. The molecule has 0 saturated heterocycles. The van der Waals surface area contributed by atoms with Crippen LogP contribution in [0.3, 0.4) is 0 Å². The first-order chi connectivity index (χ1) is 9.45. The molecule has 1 N–H and O–H groups in total. The monoisotopic (exact) mass is 356 g/mol. The Morgan fingerprint density at radius 1 is 1.30 bits per heavy atom. The highest BCUT2D eigenvalue weighted by Crippen LogP contribution is 2.25. The van der Waals surface area contributed by atoms with Crippen LogP contribution in [0.25, 0.3) is 0 Å². The van der Waals surface area contributed by atoms with E-state index in [9.17, 15) is 14.3 Å². The highest BCUT2D eigenvalue weighted by Gasteiger charge is 2.21. The lowest BCUT2D eigenvalue weighted by atomic mass is 9.92. The molecule has 0 radical (unpaired) electrons. The van der Waals surface area contributed by atoms with E-state index in [1.807, 2.05) is 0 Å². The molecule has 0 spiro atoms. The molecule has 1 unspecified atom stereocenters. The Kier molecular flexibility index (Phi) is 4.78. The molecule has 0 bridgehead atoms.